The summed E-state index contributed by atoms with van der Waals surface area (Å²) in [6.45, 7) is 3.83. The summed E-state index contributed by atoms with van der Waals surface area (Å²) in [6.07, 6.45) is 3.34. The quantitative estimate of drug-likeness (QED) is 0.888. The molecular weight excluding hydrogens is 318 g/mol. The molecule has 1 aromatic rings. The van der Waals surface area contributed by atoms with Crippen molar-refractivity contribution < 1.29 is 9.90 Å². The van der Waals surface area contributed by atoms with Crippen LogP contribution in [0.2, 0.25) is 0 Å². The topological polar surface area (TPSA) is 49.3 Å². The van der Waals surface area contributed by atoms with Crippen LogP contribution < -0.4 is 5.32 Å². The van der Waals surface area contributed by atoms with Crippen LogP contribution in [0.1, 0.15) is 45.1 Å². The van der Waals surface area contributed by atoms with Gasteiger partial charge in [0.15, 0.2) is 0 Å². The zero-order valence-electron chi connectivity index (χ0n) is 12.0. The molecule has 0 aliphatic heterocycles. The largest absolute Gasteiger partial charge is 0.391 e. The number of rotatable bonds is 3. The molecule has 2 atom stereocenters. The SMILES string of the molecule is CC(C)(C(=O)NC1CCCCC1O)c1cccc(Br)c1. The first-order valence-corrected chi connectivity index (χ1v) is 7.95. The highest BCUT2D eigenvalue weighted by Gasteiger charge is 2.33. The molecule has 4 heteroatoms. The average Bonchev–Trinajstić information content (AvgIpc) is 2.41. The monoisotopic (exact) mass is 339 g/mol. The van der Waals surface area contributed by atoms with Crippen LogP contribution in [0.5, 0.6) is 0 Å². The van der Waals surface area contributed by atoms with E-state index in [2.05, 4.69) is 21.2 Å². The number of aliphatic hydroxyl groups excluding tert-OH is 1. The van der Waals surface area contributed by atoms with E-state index in [0.29, 0.717) is 0 Å². The first-order valence-electron chi connectivity index (χ1n) is 7.16. The van der Waals surface area contributed by atoms with Crippen LogP contribution in [-0.4, -0.2) is 23.2 Å². The van der Waals surface area contributed by atoms with Gasteiger partial charge in [0.2, 0.25) is 5.91 Å². The van der Waals surface area contributed by atoms with Crippen LogP contribution >= 0.6 is 15.9 Å². The number of hydrogen-bond donors (Lipinski definition) is 2. The molecular formula is C16H22BrNO2. The molecule has 20 heavy (non-hydrogen) atoms. The molecule has 2 rings (SSSR count). The molecule has 1 amide bonds. The normalized spacial score (nSPS) is 23.4. The van der Waals surface area contributed by atoms with Gasteiger partial charge in [0.1, 0.15) is 0 Å². The lowest BCUT2D eigenvalue weighted by Crippen LogP contribution is -2.50. The minimum Gasteiger partial charge on any atom is -0.391 e. The molecule has 3 nitrogen and oxygen atoms in total. The van der Waals surface area contributed by atoms with E-state index >= 15 is 0 Å². The number of amides is 1. The van der Waals surface area contributed by atoms with Gasteiger partial charge in [0.05, 0.1) is 17.6 Å². The predicted octanol–water partition coefficient (Wildman–Crippen LogP) is 3.15. The first-order chi connectivity index (χ1) is 9.41. The number of nitrogens with one attached hydrogen (secondary N) is 1. The minimum atomic E-state index is -0.610. The molecule has 0 heterocycles. The zero-order valence-corrected chi connectivity index (χ0v) is 13.6. The lowest BCUT2D eigenvalue weighted by Gasteiger charge is -2.32. The number of aliphatic hydroxyl groups is 1. The van der Waals surface area contributed by atoms with E-state index < -0.39 is 11.5 Å². The number of halogens is 1. The van der Waals surface area contributed by atoms with Crippen molar-refractivity contribution >= 4 is 21.8 Å². The van der Waals surface area contributed by atoms with Crippen LogP contribution in [0.15, 0.2) is 28.7 Å². The Hall–Kier alpha value is -0.870. The van der Waals surface area contributed by atoms with Crippen LogP contribution in [0, 0.1) is 0 Å². The number of carbonyl (C=O) groups excluding carboxylic acids is 1. The molecule has 1 aromatic carbocycles. The Morgan fingerprint density at radius 1 is 1.35 bits per heavy atom. The van der Waals surface area contributed by atoms with E-state index in [0.717, 1.165) is 35.7 Å². The van der Waals surface area contributed by atoms with Crippen molar-refractivity contribution in [3.05, 3.63) is 34.3 Å². The maximum atomic E-state index is 12.6. The fraction of sp³-hybridized carbons (Fsp3) is 0.562. The van der Waals surface area contributed by atoms with Crippen LogP contribution in [0.3, 0.4) is 0 Å². The summed E-state index contributed by atoms with van der Waals surface area (Å²) >= 11 is 3.44. The Balaban J connectivity index is 2.10. The second-order valence-corrected chi connectivity index (χ2v) is 6.98. The van der Waals surface area contributed by atoms with Crippen molar-refractivity contribution in [1.29, 1.82) is 0 Å². The molecule has 1 aliphatic carbocycles. The maximum absolute atomic E-state index is 12.6. The van der Waals surface area contributed by atoms with Crippen molar-refractivity contribution in [3.63, 3.8) is 0 Å². The third-order valence-electron chi connectivity index (χ3n) is 4.16. The van der Waals surface area contributed by atoms with Gasteiger partial charge in [-0.3, -0.25) is 4.79 Å². The van der Waals surface area contributed by atoms with Gasteiger partial charge >= 0.3 is 0 Å². The fourth-order valence-electron chi connectivity index (χ4n) is 2.64. The summed E-state index contributed by atoms with van der Waals surface area (Å²) in [5.74, 6) is -0.0263. The highest BCUT2D eigenvalue weighted by atomic mass is 79.9. The Labute approximate surface area is 128 Å². The average molecular weight is 340 g/mol. The van der Waals surface area contributed by atoms with Crippen molar-refractivity contribution in [3.8, 4) is 0 Å². The molecule has 0 aromatic heterocycles. The predicted molar refractivity (Wildman–Crippen MR) is 83.6 cm³/mol. The Morgan fingerprint density at radius 2 is 2.05 bits per heavy atom. The highest BCUT2D eigenvalue weighted by Crippen LogP contribution is 2.27. The van der Waals surface area contributed by atoms with Crippen molar-refractivity contribution in [2.24, 2.45) is 0 Å². The van der Waals surface area contributed by atoms with Crippen molar-refractivity contribution in [2.75, 3.05) is 0 Å². The molecule has 0 saturated heterocycles. The van der Waals surface area contributed by atoms with Gasteiger partial charge in [-0.15, -0.1) is 0 Å². The summed E-state index contributed by atoms with van der Waals surface area (Å²) in [5.41, 5.74) is 0.357. The maximum Gasteiger partial charge on any atom is 0.230 e. The summed E-state index contributed by atoms with van der Waals surface area (Å²) in [4.78, 5) is 12.6. The van der Waals surface area contributed by atoms with E-state index in [9.17, 15) is 9.90 Å². The van der Waals surface area contributed by atoms with E-state index in [1.807, 2.05) is 38.1 Å². The molecule has 1 aliphatic rings. The lowest BCUT2D eigenvalue weighted by molar-refractivity contribution is -0.127. The molecule has 0 spiro atoms. The Bertz CT molecular complexity index is 487. The smallest absolute Gasteiger partial charge is 0.230 e. The lowest BCUT2D eigenvalue weighted by atomic mass is 9.82. The first kappa shape index (κ1) is 15.5. The Morgan fingerprint density at radius 3 is 2.70 bits per heavy atom. The van der Waals surface area contributed by atoms with Crippen molar-refractivity contribution in [2.45, 2.75) is 57.1 Å². The van der Waals surface area contributed by atoms with Gasteiger partial charge in [-0.25, -0.2) is 0 Å². The van der Waals surface area contributed by atoms with Gasteiger partial charge in [-0.1, -0.05) is 40.9 Å². The number of hydrogen-bond acceptors (Lipinski definition) is 2. The molecule has 1 fully saturated rings. The molecule has 2 N–H and O–H groups in total. The van der Waals surface area contributed by atoms with Crippen LogP contribution in [-0.2, 0) is 10.2 Å². The van der Waals surface area contributed by atoms with Gasteiger partial charge in [-0.05, 0) is 44.4 Å². The highest BCUT2D eigenvalue weighted by molar-refractivity contribution is 9.10. The summed E-state index contributed by atoms with van der Waals surface area (Å²) in [6, 6.07) is 7.70. The molecule has 110 valence electrons. The van der Waals surface area contributed by atoms with Crippen LogP contribution in [0.25, 0.3) is 0 Å². The second kappa shape index (κ2) is 6.27. The van der Waals surface area contributed by atoms with E-state index in [1.165, 1.54) is 0 Å². The second-order valence-electron chi connectivity index (χ2n) is 6.07. The van der Waals surface area contributed by atoms with Gasteiger partial charge in [0, 0.05) is 4.47 Å². The Kier molecular flexibility index (Phi) is 4.86. The molecule has 0 radical (unpaired) electrons. The standard InChI is InChI=1S/C16H22BrNO2/c1-16(2,11-6-5-7-12(17)10-11)15(20)18-13-8-3-4-9-14(13)19/h5-7,10,13-14,19H,3-4,8-9H2,1-2H3,(H,18,20). The molecule has 1 saturated carbocycles. The number of carbonyl (C=O) groups is 1. The molecule has 2 unspecified atom stereocenters. The summed E-state index contributed by atoms with van der Waals surface area (Å²) in [5, 5.41) is 13.0. The minimum absolute atomic E-state index is 0.0263. The third kappa shape index (κ3) is 3.41. The number of benzene rings is 1. The van der Waals surface area contributed by atoms with E-state index in [1.54, 1.807) is 0 Å². The van der Waals surface area contributed by atoms with E-state index in [-0.39, 0.29) is 11.9 Å². The third-order valence-corrected chi connectivity index (χ3v) is 4.65. The van der Waals surface area contributed by atoms with Gasteiger partial charge in [-0.2, -0.15) is 0 Å². The van der Waals surface area contributed by atoms with Crippen molar-refractivity contribution in [1.82, 2.24) is 5.32 Å². The zero-order chi connectivity index (χ0) is 14.8. The van der Waals surface area contributed by atoms with E-state index in [4.69, 9.17) is 0 Å². The summed E-state index contributed by atoms with van der Waals surface area (Å²) < 4.78 is 0.966. The van der Waals surface area contributed by atoms with Gasteiger partial charge < -0.3 is 10.4 Å². The summed E-state index contributed by atoms with van der Waals surface area (Å²) in [7, 11) is 0. The fourth-order valence-corrected chi connectivity index (χ4v) is 3.04. The van der Waals surface area contributed by atoms with Gasteiger partial charge in [0.25, 0.3) is 0 Å². The van der Waals surface area contributed by atoms with Crippen LogP contribution in [0.4, 0.5) is 0 Å². The molecule has 0 bridgehead atoms.